The number of aromatic amines is 2. The molecule has 154 valence electrons. The van der Waals surface area contributed by atoms with Gasteiger partial charge >= 0.3 is 5.69 Å². The van der Waals surface area contributed by atoms with Crippen molar-refractivity contribution in [3.63, 3.8) is 0 Å². The molecule has 7 heteroatoms. The first-order valence-electron chi connectivity index (χ1n) is 9.70. The van der Waals surface area contributed by atoms with Gasteiger partial charge in [-0.1, -0.05) is 35.9 Å². The topological polar surface area (TPSA) is 79.1 Å². The highest BCUT2D eigenvalue weighted by Crippen LogP contribution is 2.30. The van der Waals surface area contributed by atoms with Gasteiger partial charge in [-0.15, -0.1) is 0 Å². The van der Waals surface area contributed by atoms with E-state index in [4.69, 9.17) is 21.1 Å². The van der Waals surface area contributed by atoms with Gasteiger partial charge in [0, 0.05) is 22.8 Å². The Morgan fingerprint density at radius 3 is 2.60 bits per heavy atom. The second-order valence-corrected chi connectivity index (χ2v) is 7.19. The molecule has 0 fully saturated rings. The fourth-order valence-electron chi connectivity index (χ4n) is 3.17. The molecule has 0 saturated heterocycles. The van der Waals surface area contributed by atoms with Crippen molar-refractivity contribution < 1.29 is 9.47 Å². The number of hydrogen-bond donors (Lipinski definition) is 3. The average molecular weight is 424 g/mol. The van der Waals surface area contributed by atoms with Crippen LogP contribution in [0.1, 0.15) is 18.1 Å². The van der Waals surface area contributed by atoms with Crippen LogP contribution in [0.25, 0.3) is 11.0 Å². The maximum atomic E-state index is 11.4. The summed E-state index contributed by atoms with van der Waals surface area (Å²) in [6.07, 6.45) is 0. The van der Waals surface area contributed by atoms with Crippen molar-refractivity contribution in [3.8, 4) is 11.5 Å². The fraction of sp³-hybridized carbons (Fsp3) is 0.174. The Labute approximate surface area is 178 Å². The molecule has 1 heterocycles. The van der Waals surface area contributed by atoms with E-state index in [-0.39, 0.29) is 5.69 Å². The molecule has 6 nitrogen and oxygen atoms in total. The largest absolute Gasteiger partial charge is 0.490 e. The van der Waals surface area contributed by atoms with Gasteiger partial charge in [-0.3, -0.25) is 0 Å². The van der Waals surface area contributed by atoms with Crippen molar-refractivity contribution in [2.45, 2.75) is 20.1 Å². The maximum absolute atomic E-state index is 11.4. The van der Waals surface area contributed by atoms with Crippen molar-refractivity contribution in [2.24, 2.45) is 0 Å². The van der Waals surface area contributed by atoms with Crippen molar-refractivity contribution in [1.82, 2.24) is 9.97 Å². The monoisotopic (exact) mass is 423 g/mol. The number of imidazole rings is 1. The molecular weight excluding hydrogens is 402 g/mol. The van der Waals surface area contributed by atoms with Crippen LogP contribution in [-0.2, 0) is 13.2 Å². The van der Waals surface area contributed by atoms with E-state index in [1.165, 1.54) is 0 Å². The van der Waals surface area contributed by atoms with E-state index < -0.39 is 0 Å². The number of anilines is 1. The minimum absolute atomic E-state index is 0.212. The maximum Gasteiger partial charge on any atom is 0.323 e. The first-order chi connectivity index (χ1) is 14.6. The van der Waals surface area contributed by atoms with Gasteiger partial charge in [0.25, 0.3) is 0 Å². The standard InChI is InChI=1S/C23H22ClN3O3/c1-2-29-22-11-15(7-10-21(22)30-14-16-5-3-4-6-18(16)24)13-25-17-8-9-19-20(12-17)27-23(28)26-19/h3-12,25H,2,13-14H2,1H3,(H2,26,27,28). The molecule has 0 aliphatic carbocycles. The summed E-state index contributed by atoms with van der Waals surface area (Å²) in [7, 11) is 0. The highest BCUT2D eigenvalue weighted by Gasteiger charge is 2.09. The summed E-state index contributed by atoms with van der Waals surface area (Å²) in [5, 5.41) is 4.04. The van der Waals surface area contributed by atoms with E-state index in [2.05, 4.69) is 15.3 Å². The van der Waals surface area contributed by atoms with Crippen LogP contribution in [0.2, 0.25) is 5.02 Å². The number of rotatable bonds is 8. The minimum Gasteiger partial charge on any atom is -0.490 e. The zero-order valence-corrected chi connectivity index (χ0v) is 17.3. The number of benzene rings is 3. The smallest absolute Gasteiger partial charge is 0.323 e. The summed E-state index contributed by atoms with van der Waals surface area (Å²) in [6.45, 7) is 3.45. The van der Waals surface area contributed by atoms with Crippen molar-refractivity contribution in [3.05, 3.63) is 87.3 Å². The lowest BCUT2D eigenvalue weighted by Gasteiger charge is -2.14. The summed E-state index contributed by atoms with van der Waals surface area (Å²) in [6, 6.07) is 19.2. The van der Waals surface area contributed by atoms with E-state index >= 15 is 0 Å². The first kappa shape index (κ1) is 19.9. The van der Waals surface area contributed by atoms with Crippen LogP contribution >= 0.6 is 11.6 Å². The molecule has 1 aromatic heterocycles. The van der Waals surface area contributed by atoms with Gasteiger partial charge < -0.3 is 24.8 Å². The lowest BCUT2D eigenvalue weighted by atomic mass is 10.2. The molecule has 4 aromatic rings. The van der Waals surface area contributed by atoms with E-state index in [1.807, 2.05) is 67.6 Å². The molecule has 0 saturated carbocycles. The fourth-order valence-corrected chi connectivity index (χ4v) is 3.36. The molecule has 3 aromatic carbocycles. The zero-order chi connectivity index (χ0) is 20.9. The normalized spacial score (nSPS) is 10.9. The number of aromatic nitrogens is 2. The molecule has 0 aliphatic rings. The average Bonchev–Trinajstić information content (AvgIpc) is 3.12. The lowest BCUT2D eigenvalue weighted by molar-refractivity contribution is 0.269. The van der Waals surface area contributed by atoms with Crippen LogP contribution in [0.3, 0.4) is 0 Å². The molecule has 4 rings (SSSR count). The molecule has 0 atom stereocenters. The predicted molar refractivity (Wildman–Crippen MR) is 120 cm³/mol. The van der Waals surface area contributed by atoms with Crippen molar-refractivity contribution in [1.29, 1.82) is 0 Å². The summed E-state index contributed by atoms with van der Waals surface area (Å²) in [5.41, 5.74) is 4.22. The van der Waals surface area contributed by atoms with Crippen molar-refractivity contribution in [2.75, 3.05) is 11.9 Å². The quantitative estimate of drug-likeness (QED) is 0.368. The van der Waals surface area contributed by atoms with Crippen LogP contribution in [0.15, 0.2) is 65.5 Å². The Balaban J connectivity index is 1.46. The van der Waals surface area contributed by atoms with Crippen LogP contribution in [0, 0.1) is 0 Å². The molecular formula is C23H22ClN3O3. The molecule has 30 heavy (non-hydrogen) atoms. The van der Waals surface area contributed by atoms with E-state index in [0.717, 1.165) is 27.8 Å². The highest BCUT2D eigenvalue weighted by atomic mass is 35.5. The number of H-pyrrole nitrogens is 2. The molecule has 0 spiro atoms. The van der Waals surface area contributed by atoms with Crippen LogP contribution < -0.4 is 20.5 Å². The molecule has 0 aliphatic heterocycles. The predicted octanol–water partition coefficient (Wildman–Crippen LogP) is 5.10. The third-order valence-electron chi connectivity index (χ3n) is 4.66. The van der Waals surface area contributed by atoms with E-state index in [1.54, 1.807) is 0 Å². The molecule has 0 radical (unpaired) electrons. The minimum atomic E-state index is -0.212. The molecule has 0 unspecified atom stereocenters. The van der Waals surface area contributed by atoms with Gasteiger partial charge in [0.15, 0.2) is 11.5 Å². The Bertz CT molecular complexity index is 1220. The van der Waals surface area contributed by atoms with Gasteiger partial charge in [0.2, 0.25) is 0 Å². The SMILES string of the molecule is CCOc1cc(CNc2ccc3[nH]c(=O)[nH]c3c2)ccc1OCc1ccccc1Cl. The number of nitrogens with one attached hydrogen (secondary N) is 3. The Hall–Kier alpha value is -3.38. The van der Waals surface area contributed by atoms with Crippen LogP contribution in [0.5, 0.6) is 11.5 Å². The Kier molecular flexibility index (Phi) is 5.95. The third kappa shape index (κ3) is 4.60. The zero-order valence-electron chi connectivity index (χ0n) is 16.5. The van der Waals surface area contributed by atoms with Gasteiger partial charge in [-0.25, -0.2) is 4.79 Å². The Morgan fingerprint density at radius 2 is 1.77 bits per heavy atom. The molecule has 3 N–H and O–H groups in total. The first-order valence-corrected chi connectivity index (χ1v) is 10.1. The highest BCUT2D eigenvalue weighted by molar-refractivity contribution is 6.31. The second-order valence-electron chi connectivity index (χ2n) is 6.79. The number of halogens is 1. The molecule has 0 amide bonds. The van der Waals surface area contributed by atoms with Gasteiger partial charge in [0.05, 0.1) is 17.6 Å². The van der Waals surface area contributed by atoms with Gasteiger partial charge in [-0.2, -0.15) is 0 Å². The number of fused-ring (bicyclic) bond motifs is 1. The van der Waals surface area contributed by atoms with E-state index in [0.29, 0.717) is 36.3 Å². The third-order valence-corrected chi connectivity index (χ3v) is 5.03. The molecule has 0 bridgehead atoms. The summed E-state index contributed by atoms with van der Waals surface area (Å²) < 4.78 is 11.7. The van der Waals surface area contributed by atoms with Gasteiger partial charge in [0.1, 0.15) is 6.61 Å². The number of ether oxygens (including phenoxy) is 2. The second kappa shape index (κ2) is 8.97. The summed E-state index contributed by atoms with van der Waals surface area (Å²) in [4.78, 5) is 16.9. The summed E-state index contributed by atoms with van der Waals surface area (Å²) in [5.74, 6) is 1.36. The van der Waals surface area contributed by atoms with Crippen LogP contribution in [0.4, 0.5) is 5.69 Å². The van der Waals surface area contributed by atoms with E-state index in [9.17, 15) is 4.79 Å². The van der Waals surface area contributed by atoms with Gasteiger partial charge in [-0.05, 0) is 48.9 Å². The van der Waals surface area contributed by atoms with Crippen molar-refractivity contribution >= 4 is 28.3 Å². The lowest BCUT2D eigenvalue weighted by Crippen LogP contribution is -2.03. The Morgan fingerprint density at radius 1 is 0.933 bits per heavy atom. The number of hydrogen-bond acceptors (Lipinski definition) is 4. The van der Waals surface area contributed by atoms with Crippen LogP contribution in [-0.4, -0.2) is 16.6 Å². The summed E-state index contributed by atoms with van der Waals surface area (Å²) >= 11 is 6.21.